The standard InChI is InChI=1S/C53H39NS/c1-52(2)44-23-11-8-21-42(44)51-41(22-15-25-46(51)52)39-19-9-13-26-48(39)54(35-29-31-50-43(32-35)40-20-10-14-27-49(40)55-50)36-28-30-38-37-18-7-12-24-45(37)53(3,47(38)33-36)34-16-5-4-6-17-34/h4-33H,1-3H3. The molecule has 2 heteroatoms. The molecule has 0 N–H and O–H groups in total. The lowest BCUT2D eigenvalue weighted by molar-refractivity contribution is 0.660. The van der Waals surface area contributed by atoms with Crippen molar-refractivity contribution in [2.75, 3.05) is 4.90 Å². The Bertz CT molecular complexity index is 2990. The molecule has 2 aliphatic rings. The monoisotopic (exact) mass is 721 g/mol. The van der Waals surface area contributed by atoms with Gasteiger partial charge in [0.1, 0.15) is 0 Å². The van der Waals surface area contributed by atoms with E-state index >= 15 is 0 Å². The van der Waals surface area contributed by atoms with Crippen molar-refractivity contribution in [3.05, 3.63) is 210 Å². The Morgan fingerprint density at radius 3 is 1.85 bits per heavy atom. The van der Waals surface area contributed by atoms with Crippen LogP contribution >= 0.6 is 11.3 Å². The maximum atomic E-state index is 2.52. The van der Waals surface area contributed by atoms with E-state index in [0.29, 0.717) is 0 Å². The second-order valence-corrected chi connectivity index (χ2v) is 16.9. The molecule has 8 aromatic carbocycles. The van der Waals surface area contributed by atoms with Gasteiger partial charge in [0, 0.05) is 47.9 Å². The number of rotatable bonds is 5. The van der Waals surface area contributed by atoms with Gasteiger partial charge in [-0.15, -0.1) is 11.3 Å². The zero-order valence-corrected chi connectivity index (χ0v) is 32.0. The molecule has 0 spiro atoms. The molecule has 55 heavy (non-hydrogen) atoms. The summed E-state index contributed by atoms with van der Waals surface area (Å²) in [5, 5.41) is 2.60. The van der Waals surface area contributed by atoms with Gasteiger partial charge < -0.3 is 4.90 Å². The molecule has 0 amide bonds. The quantitative estimate of drug-likeness (QED) is 0.171. The molecule has 1 heterocycles. The lowest BCUT2D eigenvalue weighted by Crippen LogP contribution is -2.22. The minimum Gasteiger partial charge on any atom is -0.310 e. The van der Waals surface area contributed by atoms with Gasteiger partial charge in [-0.05, 0) is 105 Å². The fourth-order valence-corrected chi connectivity index (χ4v) is 10.9. The van der Waals surface area contributed by atoms with Crippen molar-refractivity contribution >= 4 is 48.6 Å². The molecule has 9 aromatic rings. The highest BCUT2D eigenvalue weighted by molar-refractivity contribution is 7.25. The highest BCUT2D eigenvalue weighted by Crippen LogP contribution is 2.56. The first kappa shape index (κ1) is 32.2. The van der Waals surface area contributed by atoms with E-state index in [1.54, 1.807) is 0 Å². The first-order valence-corrected chi connectivity index (χ1v) is 20.1. The van der Waals surface area contributed by atoms with Crippen LogP contribution < -0.4 is 4.90 Å². The highest BCUT2D eigenvalue weighted by atomic mass is 32.1. The number of thiophene rings is 1. The second kappa shape index (κ2) is 11.9. The molecule has 0 radical (unpaired) electrons. The predicted octanol–water partition coefficient (Wildman–Crippen LogP) is 14.8. The molecule has 2 aliphatic carbocycles. The zero-order chi connectivity index (χ0) is 36.9. The zero-order valence-electron chi connectivity index (χ0n) is 31.2. The molecule has 0 saturated carbocycles. The van der Waals surface area contributed by atoms with E-state index in [1.165, 1.54) is 81.4 Å². The van der Waals surface area contributed by atoms with Gasteiger partial charge in [0.15, 0.2) is 0 Å². The topological polar surface area (TPSA) is 3.24 Å². The SMILES string of the molecule is CC1(C)c2ccccc2-c2c(-c3ccccc3N(c3ccc4c(c3)C(C)(c3ccccc3)c3ccccc3-4)c3ccc4sc5ccccc5c4c3)cccc21. The Labute approximate surface area is 326 Å². The van der Waals surface area contributed by atoms with Crippen molar-refractivity contribution in [1.29, 1.82) is 0 Å². The smallest absolute Gasteiger partial charge is 0.0540 e. The highest BCUT2D eigenvalue weighted by Gasteiger charge is 2.41. The molecule has 0 saturated heterocycles. The van der Waals surface area contributed by atoms with Crippen LogP contribution in [0.25, 0.3) is 53.6 Å². The third-order valence-electron chi connectivity index (χ3n) is 12.6. The van der Waals surface area contributed by atoms with Crippen LogP contribution in [0.4, 0.5) is 17.1 Å². The lowest BCUT2D eigenvalue weighted by Gasteiger charge is -2.32. The number of hydrogen-bond acceptors (Lipinski definition) is 2. The predicted molar refractivity (Wildman–Crippen MR) is 234 cm³/mol. The van der Waals surface area contributed by atoms with Gasteiger partial charge in [0.2, 0.25) is 0 Å². The Morgan fingerprint density at radius 1 is 0.400 bits per heavy atom. The summed E-state index contributed by atoms with van der Waals surface area (Å²) in [5.41, 5.74) is 17.6. The number of anilines is 3. The maximum absolute atomic E-state index is 2.52. The van der Waals surface area contributed by atoms with E-state index in [9.17, 15) is 0 Å². The van der Waals surface area contributed by atoms with Crippen molar-refractivity contribution < 1.29 is 0 Å². The van der Waals surface area contributed by atoms with Gasteiger partial charge in [-0.1, -0.05) is 153 Å². The summed E-state index contributed by atoms with van der Waals surface area (Å²) in [7, 11) is 0. The van der Waals surface area contributed by atoms with Crippen molar-refractivity contribution in [2.24, 2.45) is 0 Å². The van der Waals surface area contributed by atoms with Crippen molar-refractivity contribution in [1.82, 2.24) is 0 Å². The summed E-state index contributed by atoms with van der Waals surface area (Å²) in [6.45, 7) is 7.14. The summed E-state index contributed by atoms with van der Waals surface area (Å²) in [6.07, 6.45) is 0. The van der Waals surface area contributed by atoms with Gasteiger partial charge in [0.05, 0.1) is 5.69 Å². The molecule has 1 atom stereocenters. The van der Waals surface area contributed by atoms with Gasteiger partial charge in [-0.2, -0.15) is 0 Å². The first-order chi connectivity index (χ1) is 26.9. The van der Waals surface area contributed by atoms with Crippen LogP contribution in [-0.2, 0) is 10.8 Å². The first-order valence-electron chi connectivity index (χ1n) is 19.3. The molecular weight excluding hydrogens is 683 g/mol. The summed E-state index contributed by atoms with van der Waals surface area (Å²) >= 11 is 1.87. The molecule has 1 nitrogen and oxygen atoms in total. The molecule has 0 bridgehead atoms. The lowest BCUT2D eigenvalue weighted by atomic mass is 9.74. The third-order valence-corrected chi connectivity index (χ3v) is 13.7. The van der Waals surface area contributed by atoms with E-state index in [-0.39, 0.29) is 10.8 Å². The summed E-state index contributed by atoms with van der Waals surface area (Å²) in [6, 6.07) is 68.0. The van der Waals surface area contributed by atoms with Crippen LogP contribution in [0.2, 0.25) is 0 Å². The van der Waals surface area contributed by atoms with Gasteiger partial charge in [-0.3, -0.25) is 0 Å². The van der Waals surface area contributed by atoms with E-state index in [1.807, 2.05) is 11.3 Å². The molecule has 262 valence electrons. The summed E-state index contributed by atoms with van der Waals surface area (Å²) in [4.78, 5) is 2.52. The van der Waals surface area contributed by atoms with Crippen molar-refractivity contribution in [3.8, 4) is 33.4 Å². The average Bonchev–Trinajstić information content (AvgIpc) is 3.82. The van der Waals surface area contributed by atoms with Gasteiger partial charge in [0.25, 0.3) is 0 Å². The van der Waals surface area contributed by atoms with Crippen LogP contribution in [0.3, 0.4) is 0 Å². The second-order valence-electron chi connectivity index (χ2n) is 15.8. The summed E-state index contributed by atoms with van der Waals surface area (Å²) < 4.78 is 2.62. The van der Waals surface area contributed by atoms with Crippen LogP contribution in [0.15, 0.2) is 182 Å². The number of fused-ring (bicyclic) bond motifs is 9. The number of hydrogen-bond donors (Lipinski definition) is 0. The van der Waals surface area contributed by atoms with Crippen molar-refractivity contribution in [2.45, 2.75) is 31.6 Å². The fraction of sp³-hybridized carbons (Fsp3) is 0.0943. The Kier molecular flexibility index (Phi) is 6.97. The van der Waals surface area contributed by atoms with E-state index in [4.69, 9.17) is 0 Å². The average molecular weight is 722 g/mol. The third kappa shape index (κ3) is 4.59. The molecule has 0 aliphatic heterocycles. The normalized spacial score (nSPS) is 16.1. The Morgan fingerprint density at radius 2 is 1.00 bits per heavy atom. The minimum atomic E-state index is -0.308. The van der Waals surface area contributed by atoms with Crippen LogP contribution in [-0.4, -0.2) is 0 Å². The van der Waals surface area contributed by atoms with Crippen LogP contribution in [0, 0.1) is 0 Å². The number of benzene rings is 8. The van der Waals surface area contributed by atoms with E-state index in [2.05, 4.69) is 208 Å². The molecular formula is C53H39NS. The van der Waals surface area contributed by atoms with Gasteiger partial charge in [-0.25, -0.2) is 0 Å². The number of nitrogens with zero attached hydrogens (tertiary/aromatic N) is 1. The molecule has 1 aromatic heterocycles. The Hall–Kier alpha value is -6.22. The molecule has 0 fully saturated rings. The minimum absolute atomic E-state index is 0.0848. The Balaban J connectivity index is 1.19. The van der Waals surface area contributed by atoms with Gasteiger partial charge >= 0.3 is 0 Å². The van der Waals surface area contributed by atoms with Crippen LogP contribution in [0.5, 0.6) is 0 Å². The van der Waals surface area contributed by atoms with E-state index < -0.39 is 0 Å². The maximum Gasteiger partial charge on any atom is 0.0540 e. The molecule has 1 unspecified atom stereocenters. The van der Waals surface area contributed by atoms with E-state index in [0.717, 1.165) is 17.1 Å². The fourth-order valence-electron chi connectivity index (χ4n) is 9.86. The molecule has 11 rings (SSSR count). The largest absolute Gasteiger partial charge is 0.310 e. The van der Waals surface area contributed by atoms with Crippen LogP contribution in [0.1, 0.15) is 48.6 Å². The summed E-state index contributed by atoms with van der Waals surface area (Å²) in [5.74, 6) is 0. The number of para-hydroxylation sites is 1. The van der Waals surface area contributed by atoms with Crippen molar-refractivity contribution in [3.63, 3.8) is 0 Å².